The summed E-state index contributed by atoms with van der Waals surface area (Å²) in [6.07, 6.45) is -0.165. The van der Waals surface area contributed by atoms with Crippen LogP contribution in [0.1, 0.15) is 22.3 Å². The summed E-state index contributed by atoms with van der Waals surface area (Å²) in [6, 6.07) is 41.8. The van der Waals surface area contributed by atoms with E-state index in [4.69, 9.17) is 14.2 Å². The van der Waals surface area contributed by atoms with E-state index >= 15 is 0 Å². The molecule has 4 heteroatoms. The van der Waals surface area contributed by atoms with Crippen molar-refractivity contribution in [1.29, 1.82) is 0 Å². The van der Waals surface area contributed by atoms with Crippen molar-refractivity contribution in [2.45, 2.75) is 44.6 Å². The van der Waals surface area contributed by atoms with Crippen molar-refractivity contribution in [3.05, 3.63) is 144 Å². The monoisotopic (exact) mass is 493 g/mol. The highest BCUT2D eigenvalue weighted by molar-refractivity contribution is 5.17. The van der Waals surface area contributed by atoms with E-state index in [9.17, 15) is 0 Å². The molecule has 0 spiro atoms. The summed E-state index contributed by atoms with van der Waals surface area (Å²) in [7, 11) is 0. The van der Waals surface area contributed by atoms with Crippen LogP contribution in [0.2, 0.25) is 0 Å². The highest BCUT2D eigenvalue weighted by atomic mass is 16.5. The molecule has 4 aromatic rings. The number of benzene rings is 4. The van der Waals surface area contributed by atoms with Crippen molar-refractivity contribution < 1.29 is 14.2 Å². The molecule has 0 unspecified atom stereocenters. The van der Waals surface area contributed by atoms with Gasteiger partial charge in [-0.2, -0.15) is 0 Å². The fourth-order valence-electron chi connectivity index (χ4n) is 4.91. The van der Waals surface area contributed by atoms with Gasteiger partial charge in [0.05, 0.1) is 38.6 Å². The minimum absolute atomic E-state index is 0.0574. The average Bonchev–Trinajstić information content (AvgIpc) is 3.28. The lowest BCUT2D eigenvalue weighted by Gasteiger charge is -2.28. The van der Waals surface area contributed by atoms with Crippen molar-refractivity contribution in [3.8, 4) is 0 Å². The molecule has 0 amide bonds. The van der Waals surface area contributed by atoms with Gasteiger partial charge in [0, 0.05) is 13.1 Å². The summed E-state index contributed by atoms with van der Waals surface area (Å²) in [4.78, 5) is 2.46. The molecule has 0 N–H and O–H groups in total. The Bertz CT molecular complexity index is 1170. The van der Waals surface area contributed by atoms with E-state index in [-0.39, 0.29) is 18.2 Å². The third-order valence-corrected chi connectivity index (χ3v) is 6.85. The molecule has 3 atom stereocenters. The van der Waals surface area contributed by atoms with E-state index < -0.39 is 0 Å². The molecule has 1 saturated heterocycles. The number of rotatable bonds is 12. The molecule has 1 heterocycles. The van der Waals surface area contributed by atoms with Gasteiger partial charge >= 0.3 is 0 Å². The largest absolute Gasteiger partial charge is 0.375 e. The Morgan fingerprint density at radius 1 is 0.541 bits per heavy atom. The minimum Gasteiger partial charge on any atom is -0.375 e. The first-order chi connectivity index (χ1) is 18.3. The lowest BCUT2D eigenvalue weighted by molar-refractivity contribution is -0.0819. The smallest absolute Gasteiger partial charge is 0.103 e. The van der Waals surface area contributed by atoms with E-state index in [2.05, 4.69) is 108 Å². The van der Waals surface area contributed by atoms with E-state index in [1.54, 1.807) is 0 Å². The lowest BCUT2D eigenvalue weighted by Crippen LogP contribution is -2.41. The normalized spacial score (nSPS) is 19.7. The van der Waals surface area contributed by atoms with Gasteiger partial charge in [-0.25, -0.2) is 0 Å². The maximum absolute atomic E-state index is 6.63. The number of ether oxygens (including phenoxy) is 3. The highest BCUT2D eigenvalue weighted by Gasteiger charge is 2.43. The quantitative estimate of drug-likeness (QED) is 0.233. The molecule has 190 valence electrons. The maximum Gasteiger partial charge on any atom is 0.103 e. The molecule has 4 nitrogen and oxygen atoms in total. The van der Waals surface area contributed by atoms with Gasteiger partial charge in [0.1, 0.15) is 6.10 Å². The van der Waals surface area contributed by atoms with Crippen molar-refractivity contribution in [2.24, 2.45) is 0 Å². The Morgan fingerprint density at radius 3 is 1.54 bits per heavy atom. The first kappa shape index (κ1) is 25.4. The van der Waals surface area contributed by atoms with E-state index in [0.29, 0.717) is 26.4 Å². The number of hydrogen-bond acceptors (Lipinski definition) is 4. The molecule has 0 radical (unpaired) electrons. The summed E-state index contributed by atoms with van der Waals surface area (Å²) in [6.45, 7) is 3.89. The second kappa shape index (κ2) is 13.3. The third kappa shape index (κ3) is 7.37. The van der Waals surface area contributed by atoms with Gasteiger partial charge in [0.2, 0.25) is 0 Å². The Labute approximate surface area is 220 Å². The number of nitrogens with zero attached hydrogens (tertiary/aromatic N) is 1. The van der Waals surface area contributed by atoms with Crippen molar-refractivity contribution in [3.63, 3.8) is 0 Å². The van der Waals surface area contributed by atoms with Gasteiger partial charge in [0.25, 0.3) is 0 Å². The van der Waals surface area contributed by atoms with Crippen LogP contribution in [0.3, 0.4) is 0 Å². The highest BCUT2D eigenvalue weighted by Crippen LogP contribution is 2.28. The van der Waals surface area contributed by atoms with E-state index in [1.165, 1.54) is 16.7 Å². The number of likely N-dealkylation sites (tertiary alicyclic amines) is 1. The van der Waals surface area contributed by atoms with Crippen LogP contribution in [-0.2, 0) is 40.6 Å². The molecule has 5 rings (SSSR count). The van der Waals surface area contributed by atoms with Crippen LogP contribution in [0.4, 0.5) is 0 Å². The second-order valence-electron chi connectivity index (χ2n) is 9.58. The van der Waals surface area contributed by atoms with Crippen molar-refractivity contribution in [1.82, 2.24) is 4.90 Å². The molecule has 0 aliphatic carbocycles. The summed E-state index contributed by atoms with van der Waals surface area (Å²) >= 11 is 0. The Balaban J connectivity index is 1.33. The topological polar surface area (TPSA) is 30.9 Å². The molecular formula is C33H35NO3. The Kier molecular flexibility index (Phi) is 9.13. The summed E-state index contributed by atoms with van der Waals surface area (Å²) in [5.41, 5.74) is 4.78. The third-order valence-electron chi connectivity index (χ3n) is 6.85. The Hall–Kier alpha value is -3.28. The van der Waals surface area contributed by atoms with Gasteiger partial charge in [-0.15, -0.1) is 0 Å². The van der Waals surface area contributed by atoms with Crippen LogP contribution < -0.4 is 0 Å². The number of hydrogen-bond donors (Lipinski definition) is 0. The van der Waals surface area contributed by atoms with Crippen LogP contribution in [0, 0.1) is 0 Å². The fourth-order valence-corrected chi connectivity index (χ4v) is 4.91. The molecule has 4 aromatic carbocycles. The van der Waals surface area contributed by atoms with Gasteiger partial charge in [-0.1, -0.05) is 121 Å². The van der Waals surface area contributed by atoms with Gasteiger partial charge in [-0.3, -0.25) is 4.90 Å². The predicted octanol–water partition coefficient (Wildman–Crippen LogP) is 6.26. The van der Waals surface area contributed by atoms with Crippen molar-refractivity contribution in [2.75, 3.05) is 13.2 Å². The Morgan fingerprint density at radius 2 is 1.00 bits per heavy atom. The molecule has 0 aromatic heterocycles. The average molecular weight is 494 g/mol. The van der Waals surface area contributed by atoms with Crippen LogP contribution in [-0.4, -0.2) is 36.3 Å². The summed E-state index contributed by atoms with van der Waals surface area (Å²) in [5, 5.41) is 0. The molecule has 1 fully saturated rings. The molecule has 0 bridgehead atoms. The molecule has 37 heavy (non-hydrogen) atoms. The van der Waals surface area contributed by atoms with Gasteiger partial charge < -0.3 is 14.2 Å². The molecule has 1 aliphatic heterocycles. The van der Waals surface area contributed by atoms with Crippen LogP contribution in [0.5, 0.6) is 0 Å². The van der Waals surface area contributed by atoms with Crippen molar-refractivity contribution >= 4 is 0 Å². The van der Waals surface area contributed by atoms with Gasteiger partial charge in [0.15, 0.2) is 0 Å². The maximum atomic E-state index is 6.63. The standard InChI is InChI=1S/C33H35NO3/c1-5-13-27(14-6-1)21-34-22-32(36-24-29-17-9-3-10-18-29)33(37-25-30-19-11-4-12-20-30)31(34)26-35-23-28-15-7-2-8-16-28/h1-20,31-33H,21-26H2/t31-,32-,33-/m0/s1. The first-order valence-electron chi connectivity index (χ1n) is 13.1. The zero-order chi connectivity index (χ0) is 25.1. The molecule has 1 aliphatic rings. The van der Waals surface area contributed by atoms with Crippen LogP contribution in [0.25, 0.3) is 0 Å². The summed E-state index contributed by atoms with van der Waals surface area (Å²) in [5.74, 6) is 0. The SMILES string of the molecule is c1ccc(COC[C@H]2[C@H](OCc3ccccc3)[C@@H](OCc3ccccc3)CN2Cc2ccccc2)cc1. The zero-order valence-electron chi connectivity index (χ0n) is 21.2. The lowest BCUT2D eigenvalue weighted by atomic mass is 10.1. The van der Waals surface area contributed by atoms with Gasteiger partial charge in [-0.05, 0) is 22.3 Å². The second-order valence-corrected chi connectivity index (χ2v) is 9.58. The van der Waals surface area contributed by atoms with E-state index in [1.807, 2.05) is 18.2 Å². The molecular weight excluding hydrogens is 458 g/mol. The predicted molar refractivity (Wildman–Crippen MR) is 147 cm³/mol. The van der Waals surface area contributed by atoms with Crippen LogP contribution >= 0.6 is 0 Å². The first-order valence-corrected chi connectivity index (χ1v) is 13.1. The zero-order valence-corrected chi connectivity index (χ0v) is 21.2. The molecule has 0 saturated carbocycles. The fraction of sp³-hybridized carbons (Fsp3) is 0.273. The minimum atomic E-state index is -0.108. The van der Waals surface area contributed by atoms with Crippen LogP contribution in [0.15, 0.2) is 121 Å². The summed E-state index contributed by atoms with van der Waals surface area (Å²) < 4.78 is 19.4. The van der Waals surface area contributed by atoms with E-state index in [0.717, 1.165) is 18.7 Å².